The van der Waals surface area contributed by atoms with Crippen molar-refractivity contribution in [3.63, 3.8) is 0 Å². The zero-order valence-electron chi connectivity index (χ0n) is 10.3. The van der Waals surface area contributed by atoms with Crippen molar-refractivity contribution in [1.82, 2.24) is 0 Å². The quantitative estimate of drug-likeness (QED) is 0.585. The van der Waals surface area contributed by atoms with Crippen molar-refractivity contribution >= 4 is 29.1 Å². The van der Waals surface area contributed by atoms with Gasteiger partial charge in [0.25, 0.3) is 0 Å². The van der Waals surface area contributed by atoms with Gasteiger partial charge in [-0.15, -0.1) is 0 Å². The highest BCUT2D eigenvalue weighted by atomic mass is 32.2. The number of hydrogen-bond acceptors (Lipinski definition) is 4. The first-order valence-corrected chi connectivity index (χ1v) is 6.89. The average Bonchev–Trinajstić information content (AvgIpc) is 2.35. The van der Waals surface area contributed by atoms with Gasteiger partial charge in [0.2, 0.25) is 5.91 Å². The minimum Gasteiger partial charge on any atom is -0.396 e. The van der Waals surface area contributed by atoms with Crippen LogP contribution in [0.15, 0.2) is 24.3 Å². The summed E-state index contributed by atoms with van der Waals surface area (Å²) in [6, 6.07) is 6.95. The van der Waals surface area contributed by atoms with Gasteiger partial charge in [0.05, 0.1) is 11.4 Å². The summed E-state index contributed by atoms with van der Waals surface area (Å²) in [5, 5.41) is 11.3. The lowest BCUT2D eigenvalue weighted by Crippen LogP contribution is -2.16. The fourth-order valence-electron chi connectivity index (χ4n) is 1.42. The van der Waals surface area contributed by atoms with Crippen LogP contribution in [0.5, 0.6) is 0 Å². The summed E-state index contributed by atoms with van der Waals surface area (Å²) in [6.45, 7) is 1.61. The van der Waals surface area contributed by atoms with Gasteiger partial charge in [0, 0.05) is 12.2 Å². The molecule has 0 aliphatic carbocycles. The van der Waals surface area contributed by atoms with Gasteiger partial charge in [-0.05, 0) is 31.2 Å². The highest BCUT2D eigenvalue weighted by Gasteiger charge is 2.09. The molecule has 1 aromatic rings. The predicted molar refractivity (Wildman–Crippen MR) is 74.1 cm³/mol. The number of para-hydroxylation sites is 1. The number of thioether (sulfide) groups is 1. The summed E-state index contributed by atoms with van der Waals surface area (Å²) in [6.07, 6.45) is 0.683. The predicted octanol–water partition coefficient (Wildman–Crippen LogP) is 1.94. The van der Waals surface area contributed by atoms with Crippen LogP contribution in [0.2, 0.25) is 0 Å². The number of amides is 1. The lowest BCUT2D eigenvalue weighted by Gasteiger charge is -2.08. The molecule has 0 saturated heterocycles. The van der Waals surface area contributed by atoms with Crippen molar-refractivity contribution in [3.05, 3.63) is 29.8 Å². The van der Waals surface area contributed by atoms with Crippen LogP contribution in [-0.2, 0) is 4.79 Å². The molecule has 4 nitrogen and oxygen atoms in total. The van der Waals surface area contributed by atoms with Crippen molar-refractivity contribution < 1.29 is 14.7 Å². The lowest BCUT2D eigenvalue weighted by atomic mass is 10.1. The molecule has 0 fully saturated rings. The van der Waals surface area contributed by atoms with Gasteiger partial charge < -0.3 is 10.4 Å². The van der Waals surface area contributed by atoms with Gasteiger partial charge in [-0.1, -0.05) is 12.1 Å². The molecular weight excluding hydrogens is 250 g/mol. The Kier molecular flexibility index (Phi) is 6.46. The third-order valence-corrected chi connectivity index (χ3v) is 3.30. The van der Waals surface area contributed by atoms with Crippen LogP contribution in [0, 0.1) is 0 Å². The first kappa shape index (κ1) is 14.7. The zero-order chi connectivity index (χ0) is 13.4. The minimum atomic E-state index is -0.133. The molecule has 0 aromatic heterocycles. The third kappa shape index (κ3) is 4.89. The average molecular weight is 267 g/mol. The summed E-state index contributed by atoms with van der Waals surface area (Å²) in [7, 11) is 0. The van der Waals surface area contributed by atoms with Crippen LogP contribution in [0.4, 0.5) is 5.69 Å². The van der Waals surface area contributed by atoms with Crippen molar-refractivity contribution in [1.29, 1.82) is 0 Å². The van der Waals surface area contributed by atoms with E-state index in [1.165, 1.54) is 18.7 Å². The van der Waals surface area contributed by atoms with E-state index in [0.29, 0.717) is 23.4 Å². The molecule has 5 heteroatoms. The second kappa shape index (κ2) is 7.89. The summed E-state index contributed by atoms with van der Waals surface area (Å²) >= 11 is 1.46. The van der Waals surface area contributed by atoms with E-state index in [1.54, 1.807) is 24.3 Å². The number of nitrogens with one attached hydrogen (secondary N) is 1. The van der Waals surface area contributed by atoms with Crippen molar-refractivity contribution in [2.45, 2.75) is 13.3 Å². The summed E-state index contributed by atoms with van der Waals surface area (Å²) in [5.41, 5.74) is 1.07. The maximum atomic E-state index is 11.6. The molecule has 2 N–H and O–H groups in total. The van der Waals surface area contributed by atoms with Crippen LogP contribution in [0.25, 0.3) is 0 Å². The van der Waals surface area contributed by atoms with E-state index >= 15 is 0 Å². The molecule has 0 atom stereocenters. The Morgan fingerprint density at radius 1 is 1.33 bits per heavy atom. The third-order valence-electron chi connectivity index (χ3n) is 2.26. The van der Waals surface area contributed by atoms with Crippen LogP contribution in [0.3, 0.4) is 0 Å². The Labute approximate surface area is 111 Å². The molecule has 98 valence electrons. The van der Waals surface area contributed by atoms with Gasteiger partial charge in [0.15, 0.2) is 5.78 Å². The highest BCUT2D eigenvalue weighted by molar-refractivity contribution is 7.99. The monoisotopic (exact) mass is 267 g/mol. The second-order valence-electron chi connectivity index (χ2n) is 3.78. The Bertz CT molecular complexity index is 420. The molecule has 1 rings (SSSR count). The smallest absolute Gasteiger partial charge is 0.234 e. The Morgan fingerprint density at radius 3 is 2.72 bits per heavy atom. The van der Waals surface area contributed by atoms with Gasteiger partial charge in [0.1, 0.15) is 0 Å². The number of carbonyl (C=O) groups is 2. The topological polar surface area (TPSA) is 66.4 Å². The van der Waals surface area contributed by atoms with Crippen LogP contribution < -0.4 is 5.32 Å². The fourth-order valence-corrected chi connectivity index (χ4v) is 2.15. The van der Waals surface area contributed by atoms with E-state index in [2.05, 4.69) is 5.32 Å². The number of hydrogen-bond donors (Lipinski definition) is 2. The maximum Gasteiger partial charge on any atom is 0.234 e. The highest BCUT2D eigenvalue weighted by Crippen LogP contribution is 2.16. The first-order chi connectivity index (χ1) is 8.65. The molecule has 1 aromatic carbocycles. The lowest BCUT2D eigenvalue weighted by molar-refractivity contribution is -0.113. The molecule has 18 heavy (non-hydrogen) atoms. The molecule has 0 spiro atoms. The normalized spacial score (nSPS) is 10.1. The maximum absolute atomic E-state index is 11.6. The molecule has 0 bridgehead atoms. The number of anilines is 1. The van der Waals surface area contributed by atoms with E-state index in [9.17, 15) is 9.59 Å². The zero-order valence-corrected chi connectivity index (χ0v) is 11.1. The Morgan fingerprint density at radius 2 is 2.06 bits per heavy atom. The number of Topliss-reactive ketones (excluding diaryl/α,β-unsaturated/α-hetero) is 1. The minimum absolute atomic E-state index is 0.0705. The van der Waals surface area contributed by atoms with Crippen LogP contribution in [0.1, 0.15) is 23.7 Å². The summed E-state index contributed by atoms with van der Waals surface area (Å²) in [5.74, 6) is 0.871. The van der Waals surface area contributed by atoms with Gasteiger partial charge in [-0.25, -0.2) is 0 Å². The number of ketones is 1. The number of carbonyl (C=O) groups excluding carboxylic acids is 2. The first-order valence-electron chi connectivity index (χ1n) is 5.73. The SMILES string of the molecule is CC(=O)c1ccccc1NC(=O)CSCCCO. The standard InChI is InChI=1S/C13H17NO3S/c1-10(16)11-5-2-3-6-12(11)14-13(17)9-18-8-4-7-15/h2-3,5-6,15H,4,7-9H2,1H3,(H,14,17). The molecular formula is C13H17NO3S. The number of benzene rings is 1. The second-order valence-corrected chi connectivity index (χ2v) is 4.88. The number of rotatable bonds is 7. The van der Waals surface area contributed by atoms with E-state index in [1.807, 2.05) is 0 Å². The van der Waals surface area contributed by atoms with Crippen LogP contribution in [-0.4, -0.2) is 34.9 Å². The molecule has 0 aliphatic rings. The van der Waals surface area contributed by atoms with Crippen LogP contribution >= 0.6 is 11.8 Å². The van der Waals surface area contributed by atoms with Crippen molar-refractivity contribution in [2.75, 3.05) is 23.4 Å². The largest absolute Gasteiger partial charge is 0.396 e. The van der Waals surface area contributed by atoms with E-state index in [-0.39, 0.29) is 18.3 Å². The number of aliphatic hydroxyl groups is 1. The molecule has 0 heterocycles. The Hall–Kier alpha value is -1.33. The van der Waals surface area contributed by atoms with E-state index in [0.717, 1.165) is 5.75 Å². The summed E-state index contributed by atoms with van der Waals surface area (Å²) in [4.78, 5) is 23.0. The van der Waals surface area contributed by atoms with E-state index < -0.39 is 0 Å². The number of aliphatic hydroxyl groups excluding tert-OH is 1. The molecule has 1 amide bonds. The molecule has 0 saturated carbocycles. The molecule has 0 aliphatic heterocycles. The molecule has 0 radical (unpaired) electrons. The molecule has 0 unspecified atom stereocenters. The van der Waals surface area contributed by atoms with Gasteiger partial charge in [-0.3, -0.25) is 9.59 Å². The van der Waals surface area contributed by atoms with E-state index in [4.69, 9.17) is 5.11 Å². The van der Waals surface area contributed by atoms with Gasteiger partial charge in [-0.2, -0.15) is 11.8 Å². The van der Waals surface area contributed by atoms with Gasteiger partial charge >= 0.3 is 0 Å². The van der Waals surface area contributed by atoms with Crippen molar-refractivity contribution in [2.24, 2.45) is 0 Å². The van der Waals surface area contributed by atoms with Crippen molar-refractivity contribution in [3.8, 4) is 0 Å². The summed E-state index contributed by atoms with van der Waals surface area (Å²) < 4.78 is 0. The fraction of sp³-hybridized carbons (Fsp3) is 0.385. The Balaban J connectivity index is 2.51.